The summed E-state index contributed by atoms with van der Waals surface area (Å²) in [6.07, 6.45) is 10.1. The molecule has 1 aromatic carbocycles. The van der Waals surface area contributed by atoms with Gasteiger partial charge in [-0.1, -0.05) is 35.9 Å². The van der Waals surface area contributed by atoms with Gasteiger partial charge in [0.2, 0.25) is 0 Å². The van der Waals surface area contributed by atoms with Gasteiger partial charge in [-0.3, -0.25) is 0 Å². The normalized spacial score (nSPS) is 21.4. The van der Waals surface area contributed by atoms with Crippen LogP contribution in [0.3, 0.4) is 0 Å². The highest BCUT2D eigenvalue weighted by atomic mass is 19.3. The van der Waals surface area contributed by atoms with E-state index < -0.39 is 6.11 Å². The second kappa shape index (κ2) is 9.74. The van der Waals surface area contributed by atoms with E-state index >= 15 is 0 Å². The van der Waals surface area contributed by atoms with Crippen LogP contribution in [0, 0.1) is 18.8 Å². The Labute approximate surface area is 150 Å². The smallest absolute Gasteiger partial charge is 0.397 e. The summed E-state index contributed by atoms with van der Waals surface area (Å²) in [5.74, 6) is 1.25. The number of aryl methyl sites for hydroxylation is 1. The average molecular weight is 348 g/mol. The van der Waals surface area contributed by atoms with Gasteiger partial charge in [0.25, 0.3) is 0 Å². The second-order valence-electron chi connectivity index (χ2n) is 7.17. The van der Waals surface area contributed by atoms with E-state index in [1.807, 2.05) is 13.0 Å². The minimum atomic E-state index is -3.09. The molecule has 138 valence electrons. The first-order valence-corrected chi connectivity index (χ1v) is 9.39. The van der Waals surface area contributed by atoms with Gasteiger partial charge in [0.15, 0.2) is 0 Å². The van der Waals surface area contributed by atoms with E-state index in [4.69, 9.17) is 4.74 Å². The fourth-order valence-electron chi connectivity index (χ4n) is 3.37. The molecule has 0 N–H and O–H groups in total. The van der Waals surface area contributed by atoms with Crippen molar-refractivity contribution < 1.29 is 13.5 Å². The summed E-state index contributed by atoms with van der Waals surface area (Å²) in [5, 5.41) is 0. The summed E-state index contributed by atoms with van der Waals surface area (Å²) in [7, 11) is 0. The van der Waals surface area contributed by atoms with E-state index in [-0.39, 0.29) is 12.2 Å². The van der Waals surface area contributed by atoms with E-state index in [9.17, 15) is 8.78 Å². The molecule has 0 radical (unpaired) electrons. The molecule has 1 aromatic rings. The lowest BCUT2D eigenvalue weighted by atomic mass is 9.80. The second-order valence-corrected chi connectivity index (χ2v) is 7.17. The summed E-state index contributed by atoms with van der Waals surface area (Å²) < 4.78 is 33.0. The predicted molar refractivity (Wildman–Crippen MR) is 100 cm³/mol. The number of rotatable bonds is 9. The number of hydrogen-bond donors (Lipinski definition) is 0. The Hall–Kier alpha value is -1.64. The van der Waals surface area contributed by atoms with Gasteiger partial charge in [0.05, 0.1) is 6.42 Å². The molecule has 0 atom stereocenters. The molecule has 0 saturated heterocycles. The highest BCUT2D eigenvalue weighted by Gasteiger charge is 2.33. The fraction of sp³-hybridized carbons (Fsp3) is 0.545. The largest absolute Gasteiger partial charge is 0.433 e. The average Bonchev–Trinajstić information content (AvgIpc) is 2.60. The van der Waals surface area contributed by atoms with E-state index in [2.05, 4.69) is 18.7 Å². The van der Waals surface area contributed by atoms with Crippen molar-refractivity contribution in [3.05, 3.63) is 54.6 Å². The first-order chi connectivity index (χ1) is 12.0. The Morgan fingerprint density at radius 2 is 1.80 bits per heavy atom. The zero-order valence-electron chi connectivity index (χ0n) is 15.2. The maximum Gasteiger partial charge on any atom is 0.397 e. The van der Waals surface area contributed by atoms with Gasteiger partial charge in [-0.05, 0) is 75.8 Å². The number of benzene rings is 1. The van der Waals surface area contributed by atoms with Crippen molar-refractivity contribution in [1.82, 2.24) is 0 Å². The molecule has 0 bridgehead atoms. The third-order valence-corrected chi connectivity index (χ3v) is 4.97. The van der Waals surface area contributed by atoms with Crippen LogP contribution >= 0.6 is 0 Å². The molecule has 1 saturated carbocycles. The van der Waals surface area contributed by atoms with Crippen LogP contribution in [0.1, 0.15) is 56.9 Å². The molecule has 0 aliphatic heterocycles. The van der Waals surface area contributed by atoms with E-state index in [1.165, 1.54) is 0 Å². The molecule has 25 heavy (non-hydrogen) atoms. The molecule has 0 aromatic heterocycles. The van der Waals surface area contributed by atoms with Gasteiger partial charge in [-0.25, -0.2) is 0 Å². The van der Waals surface area contributed by atoms with Crippen molar-refractivity contribution in [2.24, 2.45) is 11.8 Å². The quantitative estimate of drug-likeness (QED) is 0.342. The van der Waals surface area contributed by atoms with Crippen molar-refractivity contribution in [3.8, 4) is 5.75 Å². The fourth-order valence-corrected chi connectivity index (χ4v) is 3.37. The molecule has 0 heterocycles. The lowest BCUT2D eigenvalue weighted by Gasteiger charge is -2.28. The minimum absolute atomic E-state index is 0.203. The molecule has 1 fully saturated rings. The van der Waals surface area contributed by atoms with Crippen molar-refractivity contribution in [3.63, 3.8) is 0 Å². The molecule has 0 amide bonds. The number of allylic oxidation sites excluding steroid dienone is 3. The summed E-state index contributed by atoms with van der Waals surface area (Å²) in [6.45, 7) is 5.64. The molecular weight excluding hydrogens is 318 g/mol. The monoisotopic (exact) mass is 348 g/mol. The molecule has 1 nitrogen and oxygen atoms in total. The van der Waals surface area contributed by atoms with Crippen molar-refractivity contribution in [2.45, 2.75) is 64.4 Å². The Bertz CT molecular complexity index is 540. The summed E-state index contributed by atoms with van der Waals surface area (Å²) >= 11 is 0. The van der Waals surface area contributed by atoms with Crippen molar-refractivity contribution >= 4 is 0 Å². The first-order valence-electron chi connectivity index (χ1n) is 9.39. The van der Waals surface area contributed by atoms with Crippen LogP contribution in [-0.4, -0.2) is 6.11 Å². The summed E-state index contributed by atoms with van der Waals surface area (Å²) in [6, 6.07) is 6.78. The van der Waals surface area contributed by atoms with Crippen molar-refractivity contribution in [2.75, 3.05) is 0 Å². The van der Waals surface area contributed by atoms with Crippen molar-refractivity contribution in [1.29, 1.82) is 0 Å². The zero-order valence-corrected chi connectivity index (χ0v) is 15.2. The minimum Gasteiger partial charge on any atom is -0.433 e. The Morgan fingerprint density at radius 1 is 1.12 bits per heavy atom. The van der Waals surface area contributed by atoms with Crippen LogP contribution in [0.4, 0.5) is 8.78 Å². The third kappa shape index (κ3) is 7.41. The standard InChI is InChI=1S/C22H30F2O/c1-3-4-5-6-7-19-10-12-20(13-11-19)16-17-22(23,24)25-21-14-8-18(2)9-15-21/h3,6-9,14-15,19-20H,1,4-5,10-13,16-17H2,2H3. The first kappa shape index (κ1) is 19.7. The number of unbranched alkanes of at least 4 members (excludes halogenated alkanes) is 1. The maximum absolute atomic E-state index is 14.0. The van der Waals surface area contributed by atoms with E-state index in [1.54, 1.807) is 24.3 Å². The predicted octanol–water partition coefficient (Wildman–Crippen LogP) is 7.08. The van der Waals surface area contributed by atoms with Gasteiger partial charge < -0.3 is 4.74 Å². The molecule has 0 spiro atoms. The van der Waals surface area contributed by atoms with Crippen LogP contribution in [-0.2, 0) is 0 Å². The zero-order chi connectivity index (χ0) is 18.1. The third-order valence-electron chi connectivity index (χ3n) is 4.97. The highest BCUT2D eigenvalue weighted by Crippen LogP contribution is 2.35. The van der Waals surface area contributed by atoms with E-state index in [0.29, 0.717) is 18.3 Å². The van der Waals surface area contributed by atoms with Gasteiger partial charge in [-0.2, -0.15) is 8.78 Å². The maximum atomic E-state index is 14.0. The Morgan fingerprint density at radius 3 is 2.44 bits per heavy atom. The molecule has 2 rings (SSSR count). The number of ether oxygens (including phenoxy) is 1. The van der Waals surface area contributed by atoms with Crippen LogP contribution in [0.25, 0.3) is 0 Å². The molecule has 1 aliphatic rings. The van der Waals surface area contributed by atoms with Gasteiger partial charge in [0, 0.05) is 0 Å². The van der Waals surface area contributed by atoms with Crippen LogP contribution < -0.4 is 4.74 Å². The highest BCUT2D eigenvalue weighted by molar-refractivity contribution is 5.26. The number of alkyl halides is 2. The Kier molecular flexibility index (Phi) is 7.67. The SMILES string of the molecule is C=CCCC=CC1CCC(CCC(F)(F)Oc2ccc(C)cc2)CC1. The lowest BCUT2D eigenvalue weighted by Crippen LogP contribution is -2.26. The number of hydrogen-bond acceptors (Lipinski definition) is 1. The van der Waals surface area contributed by atoms with Gasteiger partial charge in [-0.15, -0.1) is 6.58 Å². The molecule has 3 heteroatoms. The van der Waals surface area contributed by atoms with E-state index in [0.717, 1.165) is 44.1 Å². The summed E-state index contributed by atoms with van der Waals surface area (Å²) in [5.41, 5.74) is 1.03. The van der Waals surface area contributed by atoms with Crippen LogP contribution in [0.2, 0.25) is 0 Å². The summed E-state index contributed by atoms with van der Waals surface area (Å²) in [4.78, 5) is 0. The van der Waals surface area contributed by atoms with Crippen LogP contribution in [0.15, 0.2) is 49.1 Å². The molecule has 1 aliphatic carbocycles. The molecule has 0 unspecified atom stereocenters. The van der Waals surface area contributed by atoms with Gasteiger partial charge >= 0.3 is 6.11 Å². The van der Waals surface area contributed by atoms with Gasteiger partial charge in [0.1, 0.15) is 5.75 Å². The number of halogens is 2. The molecular formula is C22H30F2O. The lowest BCUT2D eigenvalue weighted by molar-refractivity contribution is -0.183. The Balaban J connectivity index is 1.69. The van der Waals surface area contributed by atoms with Crippen LogP contribution in [0.5, 0.6) is 5.75 Å². The topological polar surface area (TPSA) is 9.23 Å².